The van der Waals surface area contributed by atoms with Crippen LogP contribution in [0.2, 0.25) is 0 Å². The Hall–Kier alpha value is -0.770. The number of hydrogen-bond acceptors (Lipinski definition) is 3. The molecule has 0 bridgehead atoms. The fourth-order valence-electron chi connectivity index (χ4n) is 1.89. The molecule has 0 saturated heterocycles. The summed E-state index contributed by atoms with van der Waals surface area (Å²) in [6.45, 7) is 10.4. The van der Waals surface area contributed by atoms with E-state index in [1.54, 1.807) is 0 Å². The summed E-state index contributed by atoms with van der Waals surface area (Å²) in [7, 11) is 0. The quantitative estimate of drug-likeness (QED) is 0.295. The molecule has 15 heavy (non-hydrogen) atoms. The van der Waals surface area contributed by atoms with Gasteiger partial charge in [-0.1, -0.05) is 32.9 Å². The maximum absolute atomic E-state index is 8.59. The van der Waals surface area contributed by atoms with Crippen LogP contribution in [0.5, 0.6) is 0 Å². The standard InChI is InChI=1S/C11H25N3O/c1-5-10(6-2)14(7-3)8-9(4)11(12)13-15/h9-10,15H,5-8H2,1-4H3,(H2,12,13). The van der Waals surface area contributed by atoms with Crippen molar-refractivity contribution in [3.05, 3.63) is 0 Å². The second-order valence-electron chi connectivity index (χ2n) is 3.98. The smallest absolute Gasteiger partial charge is 0.143 e. The highest BCUT2D eigenvalue weighted by Gasteiger charge is 2.17. The Balaban J connectivity index is 4.31. The van der Waals surface area contributed by atoms with Gasteiger partial charge in [0.15, 0.2) is 0 Å². The van der Waals surface area contributed by atoms with Crippen molar-refractivity contribution >= 4 is 5.84 Å². The first-order valence-corrected chi connectivity index (χ1v) is 5.82. The minimum atomic E-state index is 0.107. The highest BCUT2D eigenvalue weighted by atomic mass is 16.4. The molecule has 1 unspecified atom stereocenters. The van der Waals surface area contributed by atoms with Gasteiger partial charge < -0.3 is 10.9 Å². The van der Waals surface area contributed by atoms with Crippen LogP contribution < -0.4 is 5.73 Å². The Morgan fingerprint density at radius 3 is 2.20 bits per heavy atom. The fourth-order valence-corrected chi connectivity index (χ4v) is 1.89. The molecule has 0 aromatic rings. The molecular formula is C11H25N3O. The molecule has 0 radical (unpaired) electrons. The van der Waals surface area contributed by atoms with Gasteiger partial charge in [-0.25, -0.2) is 0 Å². The molecule has 0 aromatic carbocycles. The summed E-state index contributed by atoms with van der Waals surface area (Å²) in [5, 5.41) is 11.6. The topological polar surface area (TPSA) is 61.8 Å². The van der Waals surface area contributed by atoms with Gasteiger partial charge in [0.1, 0.15) is 5.84 Å². The second kappa shape index (κ2) is 7.51. The molecule has 3 N–H and O–H groups in total. The molecule has 0 aromatic heterocycles. The van der Waals surface area contributed by atoms with Crippen LogP contribution in [0.3, 0.4) is 0 Å². The number of hydrogen-bond donors (Lipinski definition) is 2. The summed E-state index contributed by atoms with van der Waals surface area (Å²) < 4.78 is 0. The van der Waals surface area contributed by atoms with E-state index in [2.05, 4.69) is 30.8 Å². The van der Waals surface area contributed by atoms with E-state index in [0.29, 0.717) is 11.9 Å². The summed E-state index contributed by atoms with van der Waals surface area (Å²) in [4.78, 5) is 2.39. The molecule has 0 aliphatic heterocycles. The SMILES string of the molecule is CCC(CC)N(CC)CC(C)C(N)=NO. The molecule has 1 atom stereocenters. The van der Waals surface area contributed by atoms with Crippen LogP contribution in [0.15, 0.2) is 5.16 Å². The number of amidine groups is 1. The predicted octanol–water partition coefficient (Wildman–Crippen LogP) is 1.88. The van der Waals surface area contributed by atoms with E-state index in [1.807, 2.05) is 6.92 Å². The van der Waals surface area contributed by atoms with Crippen molar-refractivity contribution in [1.82, 2.24) is 4.90 Å². The van der Waals surface area contributed by atoms with E-state index in [9.17, 15) is 0 Å². The molecule has 0 spiro atoms. The number of nitrogens with two attached hydrogens (primary N) is 1. The van der Waals surface area contributed by atoms with Crippen LogP contribution in [0, 0.1) is 5.92 Å². The maximum atomic E-state index is 8.59. The Labute approximate surface area is 93.1 Å². The van der Waals surface area contributed by atoms with Crippen molar-refractivity contribution in [2.75, 3.05) is 13.1 Å². The molecule has 0 fully saturated rings. The molecule has 0 saturated carbocycles. The lowest BCUT2D eigenvalue weighted by Crippen LogP contribution is -2.40. The van der Waals surface area contributed by atoms with Crippen molar-refractivity contribution in [3.63, 3.8) is 0 Å². The van der Waals surface area contributed by atoms with Gasteiger partial charge in [-0.05, 0) is 19.4 Å². The fraction of sp³-hybridized carbons (Fsp3) is 0.909. The Kier molecular flexibility index (Phi) is 7.13. The van der Waals surface area contributed by atoms with Gasteiger partial charge in [0, 0.05) is 18.5 Å². The molecule has 0 aliphatic rings. The van der Waals surface area contributed by atoms with Crippen LogP contribution >= 0.6 is 0 Å². The molecule has 0 amide bonds. The monoisotopic (exact) mass is 215 g/mol. The lowest BCUT2D eigenvalue weighted by molar-refractivity contribution is 0.183. The van der Waals surface area contributed by atoms with Crippen molar-refractivity contribution in [2.24, 2.45) is 16.8 Å². The van der Waals surface area contributed by atoms with Gasteiger partial charge >= 0.3 is 0 Å². The summed E-state index contributed by atoms with van der Waals surface area (Å²) >= 11 is 0. The molecule has 4 heteroatoms. The average molecular weight is 215 g/mol. The zero-order valence-electron chi connectivity index (χ0n) is 10.4. The van der Waals surface area contributed by atoms with E-state index in [0.717, 1.165) is 25.9 Å². The van der Waals surface area contributed by atoms with Gasteiger partial charge in [-0.3, -0.25) is 4.90 Å². The van der Waals surface area contributed by atoms with Gasteiger partial charge in [0.25, 0.3) is 0 Å². The average Bonchev–Trinajstić information content (AvgIpc) is 2.27. The van der Waals surface area contributed by atoms with E-state index in [4.69, 9.17) is 10.9 Å². The van der Waals surface area contributed by atoms with Crippen LogP contribution in [0.25, 0.3) is 0 Å². The first-order valence-electron chi connectivity index (χ1n) is 5.82. The first-order chi connectivity index (χ1) is 7.10. The van der Waals surface area contributed by atoms with E-state index in [-0.39, 0.29) is 5.92 Å². The Bertz CT molecular complexity index is 190. The summed E-state index contributed by atoms with van der Waals surface area (Å²) in [5.74, 6) is 0.426. The molecule has 0 rings (SSSR count). The molecule has 0 aliphatic carbocycles. The van der Waals surface area contributed by atoms with E-state index >= 15 is 0 Å². The Morgan fingerprint density at radius 2 is 1.87 bits per heavy atom. The molecular weight excluding hydrogens is 190 g/mol. The normalized spacial score (nSPS) is 14.9. The minimum Gasteiger partial charge on any atom is -0.409 e. The molecule has 0 heterocycles. The Morgan fingerprint density at radius 1 is 1.33 bits per heavy atom. The highest BCUT2D eigenvalue weighted by molar-refractivity contribution is 5.82. The lowest BCUT2D eigenvalue weighted by atomic mass is 10.1. The van der Waals surface area contributed by atoms with Gasteiger partial charge in [-0.2, -0.15) is 0 Å². The lowest BCUT2D eigenvalue weighted by Gasteiger charge is -2.31. The summed E-state index contributed by atoms with van der Waals surface area (Å²) in [6.07, 6.45) is 2.29. The predicted molar refractivity (Wildman–Crippen MR) is 64.2 cm³/mol. The third-order valence-corrected chi connectivity index (χ3v) is 2.99. The maximum Gasteiger partial charge on any atom is 0.143 e. The number of oxime groups is 1. The van der Waals surface area contributed by atoms with Crippen molar-refractivity contribution in [1.29, 1.82) is 0 Å². The highest BCUT2D eigenvalue weighted by Crippen LogP contribution is 2.11. The van der Waals surface area contributed by atoms with Crippen molar-refractivity contribution in [3.8, 4) is 0 Å². The zero-order valence-corrected chi connectivity index (χ0v) is 10.4. The second-order valence-corrected chi connectivity index (χ2v) is 3.98. The summed E-state index contributed by atoms with van der Waals surface area (Å²) in [5.41, 5.74) is 5.58. The van der Waals surface area contributed by atoms with Crippen LogP contribution in [0.4, 0.5) is 0 Å². The van der Waals surface area contributed by atoms with Gasteiger partial charge in [-0.15, -0.1) is 0 Å². The van der Waals surface area contributed by atoms with Crippen LogP contribution in [-0.2, 0) is 0 Å². The minimum absolute atomic E-state index is 0.107. The number of rotatable bonds is 7. The molecule has 90 valence electrons. The molecule has 4 nitrogen and oxygen atoms in total. The number of nitrogens with zero attached hydrogens (tertiary/aromatic N) is 2. The first kappa shape index (κ1) is 14.2. The van der Waals surface area contributed by atoms with E-state index < -0.39 is 0 Å². The van der Waals surface area contributed by atoms with Crippen LogP contribution in [0.1, 0.15) is 40.5 Å². The van der Waals surface area contributed by atoms with Crippen molar-refractivity contribution in [2.45, 2.75) is 46.6 Å². The van der Waals surface area contributed by atoms with Gasteiger partial charge in [0.2, 0.25) is 0 Å². The third kappa shape index (κ3) is 4.51. The van der Waals surface area contributed by atoms with E-state index in [1.165, 1.54) is 0 Å². The largest absolute Gasteiger partial charge is 0.409 e. The van der Waals surface area contributed by atoms with Gasteiger partial charge in [0.05, 0.1) is 0 Å². The van der Waals surface area contributed by atoms with Crippen molar-refractivity contribution < 1.29 is 5.21 Å². The third-order valence-electron chi connectivity index (χ3n) is 2.99. The summed E-state index contributed by atoms with van der Waals surface area (Å²) in [6, 6.07) is 0.601. The zero-order chi connectivity index (χ0) is 11.8. The van der Waals surface area contributed by atoms with Crippen LogP contribution in [-0.4, -0.2) is 35.1 Å².